The number of hydrogen-bond donors (Lipinski definition) is 1. The lowest BCUT2D eigenvalue weighted by Crippen LogP contribution is -1.94. The van der Waals surface area contributed by atoms with E-state index in [4.69, 9.17) is 14.9 Å². The monoisotopic (exact) mass is 268 g/mol. The highest BCUT2D eigenvalue weighted by Gasteiger charge is 2.13. The summed E-state index contributed by atoms with van der Waals surface area (Å²) < 4.78 is 23.7. The predicted molar refractivity (Wildman–Crippen MR) is 67.5 cm³/mol. The van der Waals surface area contributed by atoms with Gasteiger partial charge in [0.25, 0.3) is 5.22 Å². The molecular formula is C12H13FN2O2S. The average molecular weight is 268 g/mol. The number of nitrogen functional groups attached to an aromatic ring is 1. The van der Waals surface area contributed by atoms with Crippen LogP contribution in [0.3, 0.4) is 0 Å². The number of benzene rings is 1. The molecule has 0 aliphatic heterocycles. The van der Waals surface area contributed by atoms with Crippen molar-refractivity contribution < 1.29 is 13.5 Å². The summed E-state index contributed by atoms with van der Waals surface area (Å²) in [7, 11) is 1.41. The maximum absolute atomic E-state index is 13.4. The van der Waals surface area contributed by atoms with Gasteiger partial charge in [0.2, 0.25) is 0 Å². The number of aromatic nitrogens is 1. The average Bonchev–Trinajstić information content (AvgIpc) is 2.62. The molecule has 0 saturated heterocycles. The van der Waals surface area contributed by atoms with Gasteiger partial charge in [0, 0.05) is 16.6 Å². The number of methoxy groups -OCH3 is 1. The van der Waals surface area contributed by atoms with E-state index < -0.39 is 5.82 Å². The first-order chi connectivity index (χ1) is 8.51. The van der Waals surface area contributed by atoms with Crippen LogP contribution in [-0.2, 0) is 0 Å². The minimum atomic E-state index is -0.487. The standard InChI is InChI=1S/C12H13FN2O2S/c1-6-7(2)17-12(15-6)18-11-5-10(16-3)8(13)4-9(11)14/h4-5H,14H2,1-3H3. The third kappa shape index (κ3) is 2.43. The van der Waals surface area contributed by atoms with Gasteiger partial charge < -0.3 is 14.9 Å². The number of anilines is 1. The van der Waals surface area contributed by atoms with E-state index in [1.54, 1.807) is 0 Å². The van der Waals surface area contributed by atoms with Gasteiger partial charge in [-0.3, -0.25) is 0 Å². The molecule has 18 heavy (non-hydrogen) atoms. The molecule has 0 fully saturated rings. The molecule has 4 nitrogen and oxygen atoms in total. The Bertz CT molecular complexity index is 564. The molecule has 0 bridgehead atoms. The Hall–Kier alpha value is -1.69. The predicted octanol–water partition coefficient (Wildman–Crippen LogP) is 3.17. The van der Waals surface area contributed by atoms with Crippen molar-refractivity contribution in [2.24, 2.45) is 0 Å². The van der Waals surface area contributed by atoms with Gasteiger partial charge in [-0.15, -0.1) is 0 Å². The third-order valence-electron chi connectivity index (χ3n) is 2.49. The first-order valence-corrected chi connectivity index (χ1v) is 6.07. The van der Waals surface area contributed by atoms with E-state index in [0.717, 1.165) is 11.5 Å². The van der Waals surface area contributed by atoms with Gasteiger partial charge in [0.15, 0.2) is 11.6 Å². The van der Waals surface area contributed by atoms with Crippen molar-refractivity contribution in [2.75, 3.05) is 12.8 Å². The lowest BCUT2D eigenvalue weighted by atomic mass is 10.3. The summed E-state index contributed by atoms with van der Waals surface area (Å²) in [5, 5.41) is 0.477. The van der Waals surface area contributed by atoms with E-state index in [2.05, 4.69) is 4.98 Å². The number of nitrogens with two attached hydrogens (primary N) is 1. The van der Waals surface area contributed by atoms with Crippen LogP contribution < -0.4 is 10.5 Å². The fourth-order valence-electron chi connectivity index (χ4n) is 1.38. The summed E-state index contributed by atoms with van der Waals surface area (Å²) in [5.41, 5.74) is 6.90. The van der Waals surface area contributed by atoms with Gasteiger partial charge in [0.1, 0.15) is 5.76 Å². The zero-order valence-electron chi connectivity index (χ0n) is 10.3. The van der Waals surface area contributed by atoms with Crippen LogP contribution in [0.4, 0.5) is 10.1 Å². The van der Waals surface area contributed by atoms with Crippen LogP contribution >= 0.6 is 11.8 Å². The normalized spacial score (nSPS) is 10.7. The Kier molecular flexibility index (Phi) is 3.47. The first-order valence-electron chi connectivity index (χ1n) is 5.26. The molecule has 2 aromatic rings. The van der Waals surface area contributed by atoms with Crippen LogP contribution in [0.1, 0.15) is 11.5 Å². The van der Waals surface area contributed by atoms with Crippen molar-refractivity contribution in [2.45, 2.75) is 24.0 Å². The van der Waals surface area contributed by atoms with Gasteiger partial charge in [-0.2, -0.15) is 0 Å². The topological polar surface area (TPSA) is 61.3 Å². The largest absolute Gasteiger partial charge is 0.494 e. The highest BCUT2D eigenvalue weighted by molar-refractivity contribution is 7.99. The van der Waals surface area contributed by atoms with Crippen molar-refractivity contribution in [3.05, 3.63) is 29.4 Å². The van der Waals surface area contributed by atoms with Crippen LogP contribution in [0.25, 0.3) is 0 Å². The van der Waals surface area contributed by atoms with Crippen molar-refractivity contribution in [3.63, 3.8) is 0 Å². The van der Waals surface area contributed by atoms with E-state index in [1.807, 2.05) is 13.8 Å². The second-order valence-electron chi connectivity index (χ2n) is 3.75. The van der Waals surface area contributed by atoms with Crippen molar-refractivity contribution >= 4 is 17.4 Å². The summed E-state index contributed by atoms with van der Waals surface area (Å²) in [6.45, 7) is 3.69. The fraction of sp³-hybridized carbons (Fsp3) is 0.250. The first kappa shape index (κ1) is 12.8. The Morgan fingerprint density at radius 2 is 2.11 bits per heavy atom. The van der Waals surface area contributed by atoms with Crippen LogP contribution in [0.15, 0.2) is 26.7 Å². The molecule has 2 N–H and O–H groups in total. The second-order valence-corrected chi connectivity index (χ2v) is 4.74. The van der Waals surface area contributed by atoms with Crippen molar-refractivity contribution in [1.82, 2.24) is 4.98 Å². The minimum absolute atomic E-state index is 0.145. The summed E-state index contributed by atoms with van der Waals surface area (Å²) in [6.07, 6.45) is 0. The molecular weight excluding hydrogens is 255 g/mol. The lowest BCUT2D eigenvalue weighted by molar-refractivity contribution is 0.385. The lowest BCUT2D eigenvalue weighted by Gasteiger charge is -2.07. The number of nitrogens with zero attached hydrogens (tertiary/aromatic N) is 1. The second kappa shape index (κ2) is 4.89. The molecule has 0 amide bonds. The van der Waals surface area contributed by atoms with Crippen molar-refractivity contribution in [1.29, 1.82) is 0 Å². The quantitative estimate of drug-likeness (QED) is 0.866. The summed E-state index contributed by atoms with van der Waals surface area (Å²) in [5.74, 6) is 0.413. The van der Waals surface area contributed by atoms with E-state index in [9.17, 15) is 4.39 Å². The maximum Gasteiger partial charge on any atom is 0.261 e. The Morgan fingerprint density at radius 3 is 2.67 bits per heavy atom. The number of halogens is 1. The van der Waals surface area contributed by atoms with Crippen LogP contribution in [-0.4, -0.2) is 12.1 Å². The Balaban J connectivity index is 2.33. The molecule has 1 aromatic heterocycles. The summed E-state index contributed by atoms with van der Waals surface area (Å²) >= 11 is 1.24. The molecule has 96 valence electrons. The fourth-order valence-corrected chi connectivity index (χ4v) is 2.26. The molecule has 0 aliphatic carbocycles. The van der Waals surface area contributed by atoms with Crippen molar-refractivity contribution in [3.8, 4) is 5.75 Å². The van der Waals surface area contributed by atoms with E-state index >= 15 is 0 Å². The van der Waals surface area contributed by atoms with E-state index in [1.165, 1.54) is 31.0 Å². The molecule has 2 rings (SSSR count). The SMILES string of the molecule is COc1cc(Sc2nc(C)c(C)o2)c(N)cc1F. The molecule has 0 unspecified atom stereocenters. The molecule has 0 radical (unpaired) electrons. The highest BCUT2D eigenvalue weighted by Crippen LogP contribution is 2.36. The smallest absolute Gasteiger partial charge is 0.261 e. The number of ether oxygens (including phenoxy) is 1. The number of hydrogen-bond acceptors (Lipinski definition) is 5. The zero-order chi connectivity index (χ0) is 13.3. The van der Waals surface area contributed by atoms with E-state index in [-0.39, 0.29) is 5.75 Å². The Labute approximate surface area is 108 Å². The third-order valence-corrected chi connectivity index (χ3v) is 3.41. The molecule has 1 heterocycles. The molecule has 0 spiro atoms. The summed E-state index contributed by atoms with van der Waals surface area (Å²) in [6, 6.07) is 2.76. The van der Waals surface area contributed by atoms with Gasteiger partial charge >= 0.3 is 0 Å². The maximum atomic E-state index is 13.4. The zero-order valence-corrected chi connectivity index (χ0v) is 11.1. The van der Waals surface area contributed by atoms with Gasteiger partial charge in [-0.25, -0.2) is 9.37 Å². The molecule has 6 heteroatoms. The number of rotatable bonds is 3. The summed E-state index contributed by atoms with van der Waals surface area (Å²) in [4.78, 5) is 4.88. The van der Waals surface area contributed by atoms with Crippen LogP contribution in [0.5, 0.6) is 5.75 Å². The van der Waals surface area contributed by atoms with Gasteiger partial charge in [-0.05, 0) is 31.7 Å². The molecule has 0 aliphatic rings. The van der Waals surface area contributed by atoms with E-state index in [0.29, 0.717) is 15.8 Å². The van der Waals surface area contributed by atoms with Crippen LogP contribution in [0.2, 0.25) is 0 Å². The Morgan fingerprint density at radius 1 is 1.39 bits per heavy atom. The van der Waals surface area contributed by atoms with Gasteiger partial charge in [-0.1, -0.05) is 0 Å². The number of oxazole rings is 1. The molecule has 0 saturated carbocycles. The number of aryl methyl sites for hydroxylation is 2. The van der Waals surface area contributed by atoms with Crippen LogP contribution in [0, 0.1) is 19.7 Å². The van der Waals surface area contributed by atoms with Gasteiger partial charge in [0.05, 0.1) is 12.8 Å². The molecule has 1 aromatic carbocycles. The highest BCUT2D eigenvalue weighted by atomic mass is 32.2. The molecule has 0 atom stereocenters. The minimum Gasteiger partial charge on any atom is -0.494 e.